The predicted octanol–water partition coefficient (Wildman–Crippen LogP) is 3.01. The molecule has 2 aromatic rings. The van der Waals surface area contributed by atoms with Gasteiger partial charge in [-0.05, 0) is 39.8 Å². The van der Waals surface area contributed by atoms with Gasteiger partial charge in [0.1, 0.15) is 11.6 Å². The third-order valence-electron chi connectivity index (χ3n) is 4.36. The second-order valence-corrected chi connectivity index (χ2v) is 6.43. The first-order chi connectivity index (χ1) is 11.6. The van der Waals surface area contributed by atoms with E-state index in [9.17, 15) is 13.6 Å². The smallest absolute Gasteiger partial charge is 0.255 e. The Morgan fingerprint density at radius 3 is 2.36 bits per heavy atom. The van der Waals surface area contributed by atoms with Gasteiger partial charge in [-0.25, -0.2) is 13.8 Å². The van der Waals surface area contributed by atoms with Crippen molar-refractivity contribution in [3.63, 3.8) is 0 Å². The Balaban J connectivity index is 2.75. The molecule has 25 heavy (non-hydrogen) atoms. The van der Waals surface area contributed by atoms with E-state index in [1.54, 1.807) is 38.8 Å². The average Bonchev–Trinajstić information content (AvgIpc) is 2.55. The number of hydrogen-bond acceptors (Lipinski definition) is 4. The molecule has 0 radical (unpaired) electrons. The molecule has 132 valence electrons. The van der Waals surface area contributed by atoms with E-state index in [4.69, 9.17) is 5.26 Å². The molecule has 0 bridgehead atoms. The highest BCUT2D eigenvalue weighted by Crippen LogP contribution is 2.35. The van der Waals surface area contributed by atoms with Gasteiger partial charge in [0.25, 0.3) is 5.56 Å². The monoisotopic (exact) mass is 346 g/mol. The first-order valence-corrected chi connectivity index (χ1v) is 7.85. The van der Waals surface area contributed by atoms with Crippen molar-refractivity contribution < 1.29 is 8.78 Å². The number of rotatable bonds is 4. The largest absolute Gasteiger partial charge is 0.346 e. The average molecular weight is 346 g/mol. The highest BCUT2D eigenvalue weighted by Gasteiger charge is 2.34. The van der Waals surface area contributed by atoms with Crippen molar-refractivity contribution in [1.29, 1.82) is 5.26 Å². The van der Waals surface area contributed by atoms with Crippen LogP contribution in [0.25, 0.3) is 0 Å². The zero-order valence-corrected chi connectivity index (χ0v) is 14.9. The molecule has 0 fully saturated rings. The number of H-pyrrole nitrogens is 1. The lowest BCUT2D eigenvalue weighted by Gasteiger charge is -2.28. The van der Waals surface area contributed by atoms with Crippen LogP contribution in [0.2, 0.25) is 0 Å². The van der Waals surface area contributed by atoms with Crippen molar-refractivity contribution in [2.24, 2.45) is 0 Å². The molecule has 0 saturated carbocycles. The quantitative estimate of drug-likeness (QED) is 0.924. The van der Waals surface area contributed by atoms with Crippen LogP contribution in [0.1, 0.15) is 43.2 Å². The Morgan fingerprint density at radius 2 is 1.88 bits per heavy atom. The third kappa shape index (κ3) is 3.25. The van der Waals surface area contributed by atoms with Gasteiger partial charge < -0.3 is 4.90 Å². The molecule has 0 aliphatic carbocycles. The van der Waals surface area contributed by atoms with Gasteiger partial charge in [0.2, 0.25) is 5.95 Å². The fourth-order valence-electron chi connectivity index (χ4n) is 2.81. The molecule has 1 aromatic carbocycles. The lowest BCUT2D eigenvalue weighted by molar-refractivity contribution is 0.485. The van der Waals surface area contributed by atoms with Crippen molar-refractivity contribution in [1.82, 2.24) is 9.97 Å². The van der Waals surface area contributed by atoms with Gasteiger partial charge >= 0.3 is 0 Å². The van der Waals surface area contributed by atoms with Crippen LogP contribution in [0, 0.1) is 29.9 Å². The number of nitrogens with one attached hydrogen (secondary N) is 1. The highest BCUT2D eigenvalue weighted by molar-refractivity contribution is 5.44. The number of nitrogens with zero attached hydrogens (tertiary/aromatic N) is 3. The lowest BCUT2D eigenvalue weighted by Crippen LogP contribution is -2.32. The van der Waals surface area contributed by atoms with Crippen molar-refractivity contribution >= 4 is 5.95 Å². The molecular formula is C18H20F2N4O. The van der Waals surface area contributed by atoms with Crippen molar-refractivity contribution in [3.8, 4) is 6.07 Å². The molecule has 1 aromatic heterocycles. The summed E-state index contributed by atoms with van der Waals surface area (Å²) in [6, 6.07) is 3.70. The van der Waals surface area contributed by atoms with Crippen LogP contribution in [-0.4, -0.2) is 23.6 Å². The Bertz CT molecular complexity index is 889. The summed E-state index contributed by atoms with van der Waals surface area (Å²) >= 11 is 0. The molecule has 0 atom stereocenters. The van der Waals surface area contributed by atoms with E-state index in [0.717, 1.165) is 12.1 Å². The maximum absolute atomic E-state index is 14.5. The van der Waals surface area contributed by atoms with Crippen LogP contribution in [0.15, 0.2) is 16.9 Å². The number of hydrogen-bond donors (Lipinski definition) is 1. The third-order valence-corrected chi connectivity index (χ3v) is 4.36. The predicted molar refractivity (Wildman–Crippen MR) is 91.7 cm³/mol. The summed E-state index contributed by atoms with van der Waals surface area (Å²) in [6.45, 7) is 7.27. The summed E-state index contributed by atoms with van der Waals surface area (Å²) in [5.41, 5.74) is -1.31. The molecule has 0 amide bonds. The molecule has 0 unspecified atom stereocenters. The van der Waals surface area contributed by atoms with Crippen molar-refractivity contribution in [3.05, 3.63) is 56.5 Å². The first kappa shape index (κ1) is 18.6. The normalized spacial score (nSPS) is 11.3. The molecule has 0 aliphatic rings. The topological polar surface area (TPSA) is 72.8 Å². The van der Waals surface area contributed by atoms with Gasteiger partial charge in [-0.2, -0.15) is 5.26 Å². The van der Waals surface area contributed by atoms with Crippen molar-refractivity contribution in [2.45, 2.75) is 33.1 Å². The van der Waals surface area contributed by atoms with E-state index in [0.29, 0.717) is 18.1 Å². The number of halogens is 2. The summed E-state index contributed by atoms with van der Waals surface area (Å²) in [7, 11) is 1.76. The Morgan fingerprint density at radius 1 is 1.32 bits per heavy atom. The number of benzene rings is 1. The fraction of sp³-hybridized carbons (Fsp3) is 0.389. The number of anilines is 1. The van der Waals surface area contributed by atoms with E-state index >= 15 is 0 Å². The maximum Gasteiger partial charge on any atom is 0.255 e. The number of aromatic amines is 1. The van der Waals surface area contributed by atoms with E-state index < -0.39 is 17.0 Å². The molecule has 7 heteroatoms. The maximum atomic E-state index is 14.5. The Labute approximate surface area is 144 Å². The molecule has 0 spiro atoms. The molecule has 1 heterocycles. The van der Waals surface area contributed by atoms with E-state index in [1.165, 1.54) is 0 Å². The van der Waals surface area contributed by atoms with Crippen molar-refractivity contribution in [2.75, 3.05) is 18.5 Å². The summed E-state index contributed by atoms with van der Waals surface area (Å²) in [5.74, 6) is -1.35. The zero-order valence-electron chi connectivity index (χ0n) is 14.9. The standard InChI is InChI=1S/C18H20F2N4O/c1-6-24(5)17-22-15(10(2)16(25)23-17)18(3,4)14-12(19)7-11(9-21)8-13(14)20/h7-8H,6H2,1-5H3,(H,22,23,25). The summed E-state index contributed by atoms with van der Waals surface area (Å²) in [5, 5.41) is 8.86. The van der Waals surface area contributed by atoms with Crippen LogP contribution < -0.4 is 10.5 Å². The van der Waals surface area contributed by atoms with Gasteiger partial charge in [0.15, 0.2) is 0 Å². The summed E-state index contributed by atoms with van der Waals surface area (Å²) in [6.07, 6.45) is 0. The molecule has 0 aliphatic heterocycles. The van der Waals surface area contributed by atoms with Crippen LogP contribution >= 0.6 is 0 Å². The molecule has 5 nitrogen and oxygen atoms in total. The zero-order chi connectivity index (χ0) is 18.9. The highest BCUT2D eigenvalue weighted by atomic mass is 19.1. The van der Waals surface area contributed by atoms with Crippen LogP contribution in [-0.2, 0) is 5.41 Å². The summed E-state index contributed by atoms with van der Waals surface area (Å²) in [4.78, 5) is 21.1. The second kappa shape index (κ2) is 6.63. The lowest BCUT2D eigenvalue weighted by atomic mass is 9.78. The minimum absolute atomic E-state index is 0.100. The number of nitriles is 1. The van der Waals surface area contributed by atoms with E-state index in [2.05, 4.69) is 9.97 Å². The minimum atomic E-state index is -1.20. The SMILES string of the molecule is CCN(C)c1nc(C(C)(C)c2c(F)cc(C#N)cc2F)c(C)c(=O)[nH]1. The molecule has 1 N–H and O–H groups in total. The van der Waals surface area contributed by atoms with Crippen LogP contribution in [0.3, 0.4) is 0 Å². The van der Waals surface area contributed by atoms with E-state index in [-0.39, 0.29) is 22.4 Å². The molecule has 0 saturated heterocycles. The second-order valence-electron chi connectivity index (χ2n) is 6.43. The molecule has 2 rings (SSSR count). The van der Waals surface area contributed by atoms with Gasteiger partial charge in [0, 0.05) is 30.1 Å². The van der Waals surface area contributed by atoms with E-state index in [1.807, 2.05) is 6.92 Å². The van der Waals surface area contributed by atoms with Gasteiger partial charge in [0.05, 0.1) is 17.3 Å². The fourth-order valence-corrected chi connectivity index (χ4v) is 2.81. The van der Waals surface area contributed by atoms with Gasteiger partial charge in [-0.15, -0.1) is 0 Å². The van der Waals surface area contributed by atoms with Crippen LogP contribution in [0.5, 0.6) is 0 Å². The van der Waals surface area contributed by atoms with Gasteiger partial charge in [-0.1, -0.05) is 0 Å². The Kier molecular flexibility index (Phi) is 4.93. The first-order valence-electron chi connectivity index (χ1n) is 7.85. The van der Waals surface area contributed by atoms with Gasteiger partial charge in [-0.3, -0.25) is 9.78 Å². The molecular weight excluding hydrogens is 326 g/mol. The minimum Gasteiger partial charge on any atom is -0.346 e. The summed E-state index contributed by atoms with van der Waals surface area (Å²) < 4.78 is 29.0. The Hall–Kier alpha value is -2.75. The number of aromatic nitrogens is 2. The van der Waals surface area contributed by atoms with Crippen LogP contribution in [0.4, 0.5) is 14.7 Å².